The average molecular weight is 477 g/mol. The van der Waals surface area contributed by atoms with Crippen LogP contribution < -0.4 is 4.72 Å². The van der Waals surface area contributed by atoms with Crippen molar-refractivity contribution in [3.8, 4) is 0 Å². The highest BCUT2D eigenvalue weighted by molar-refractivity contribution is 7.89. The molecular formula is C20H36N4O5S2. The zero-order valence-electron chi connectivity index (χ0n) is 18.9. The summed E-state index contributed by atoms with van der Waals surface area (Å²) in [6.07, 6.45) is 9.24. The maximum Gasteiger partial charge on any atom is 0.246 e. The smallest absolute Gasteiger partial charge is 0.246 e. The van der Waals surface area contributed by atoms with E-state index in [0.29, 0.717) is 31.2 Å². The zero-order valence-corrected chi connectivity index (χ0v) is 20.5. The normalized spacial score (nSPS) is 28.8. The molecule has 0 unspecified atom stereocenters. The van der Waals surface area contributed by atoms with Crippen molar-refractivity contribution in [1.29, 1.82) is 0 Å². The average Bonchev–Trinajstić information content (AvgIpc) is 3.13. The molecule has 2 fully saturated rings. The van der Waals surface area contributed by atoms with Gasteiger partial charge in [0.1, 0.15) is 4.90 Å². The van der Waals surface area contributed by atoms with Gasteiger partial charge in [0.25, 0.3) is 0 Å². The molecule has 1 aliphatic heterocycles. The number of ether oxygens (including phenoxy) is 1. The van der Waals surface area contributed by atoms with E-state index in [9.17, 15) is 16.8 Å². The maximum absolute atomic E-state index is 13.3. The highest BCUT2D eigenvalue weighted by Crippen LogP contribution is 2.32. The van der Waals surface area contributed by atoms with Crippen LogP contribution in [0.3, 0.4) is 0 Å². The van der Waals surface area contributed by atoms with E-state index >= 15 is 0 Å². The molecule has 0 aromatic carbocycles. The summed E-state index contributed by atoms with van der Waals surface area (Å²) in [5, 5.41) is 3.99. The minimum Gasteiger partial charge on any atom is -0.376 e. The molecule has 2 aliphatic rings. The third-order valence-electron chi connectivity index (χ3n) is 6.55. The highest BCUT2D eigenvalue weighted by Gasteiger charge is 2.41. The van der Waals surface area contributed by atoms with Crippen LogP contribution in [-0.4, -0.2) is 68.5 Å². The molecule has 1 N–H and O–H groups in total. The molecule has 31 heavy (non-hydrogen) atoms. The quantitative estimate of drug-likeness (QED) is 0.612. The molecule has 2 atom stereocenters. The van der Waals surface area contributed by atoms with Crippen LogP contribution in [0.1, 0.15) is 52.4 Å². The Morgan fingerprint density at radius 2 is 1.84 bits per heavy atom. The Morgan fingerprint density at radius 1 is 1.16 bits per heavy atom. The van der Waals surface area contributed by atoms with Crippen LogP contribution in [0.15, 0.2) is 17.3 Å². The van der Waals surface area contributed by atoms with E-state index in [2.05, 4.69) is 23.7 Å². The molecule has 1 aromatic rings. The third kappa shape index (κ3) is 6.28. The van der Waals surface area contributed by atoms with Gasteiger partial charge in [0.2, 0.25) is 20.0 Å². The number of aromatic nitrogens is 2. The van der Waals surface area contributed by atoms with Crippen molar-refractivity contribution in [2.75, 3.05) is 19.4 Å². The summed E-state index contributed by atoms with van der Waals surface area (Å²) in [6, 6.07) is -1.13. The van der Waals surface area contributed by atoms with E-state index in [4.69, 9.17) is 4.74 Å². The van der Waals surface area contributed by atoms with Crippen molar-refractivity contribution in [3.63, 3.8) is 0 Å². The SMILES string of the molecule is CC(C)C1CCC(OC[C@H]2[C@@H](NS(C)(=O)=O)CCCN2S(=O)(=O)c2cnn(C)c2)CC1. The Balaban J connectivity index is 1.77. The lowest BCUT2D eigenvalue weighted by Gasteiger charge is -2.41. The second-order valence-electron chi connectivity index (χ2n) is 9.29. The van der Waals surface area contributed by atoms with Crippen LogP contribution in [0.25, 0.3) is 0 Å². The number of sulfonamides is 2. The summed E-state index contributed by atoms with van der Waals surface area (Å²) in [5.74, 6) is 1.36. The lowest BCUT2D eigenvalue weighted by Crippen LogP contribution is -2.58. The summed E-state index contributed by atoms with van der Waals surface area (Å²) >= 11 is 0. The molecule has 1 aromatic heterocycles. The van der Waals surface area contributed by atoms with Crippen LogP contribution in [0.5, 0.6) is 0 Å². The van der Waals surface area contributed by atoms with Gasteiger partial charge in [0.05, 0.1) is 31.2 Å². The van der Waals surface area contributed by atoms with Gasteiger partial charge in [-0.15, -0.1) is 0 Å². The van der Waals surface area contributed by atoms with Crippen LogP contribution in [0.4, 0.5) is 0 Å². The van der Waals surface area contributed by atoms with Crippen molar-refractivity contribution in [2.45, 2.75) is 75.5 Å². The maximum atomic E-state index is 13.3. The first-order valence-corrected chi connectivity index (χ1v) is 14.4. The fraction of sp³-hybridized carbons (Fsp3) is 0.850. The Kier molecular flexibility index (Phi) is 7.83. The highest BCUT2D eigenvalue weighted by atomic mass is 32.2. The summed E-state index contributed by atoms with van der Waals surface area (Å²) in [5.41, 5.74) is 0. The van der Waals surface area contributed by atoms with E-state index in [1.165, 1.54) is 21.4 Å². The molecule has 0 spiro atoms. The zero-order chi connectivity index (χ0) is 22.8. The van der Waals surface area contributed by atoms with E-state index in [0.717, 1.165) is 31.9 Å². The fourth-order valence-corrected chi connectivity index (χ4v) is 7.26. The van der Waals surface area contributed by atoms with Crippen LogP contribution >= 0.6 is 0 Å². The minimum absolute atomic E-state index is 0.0822. The van der Waals surface area contributed by atoms with Crippen molar-refractivity contribution < 1.29 is 21.6 Å². The largest absolute Gasteiger partial charge is 0.376 e. The van der Waals surface area contributed by atoms with Crippen LogP contribution in [0, 0.1) is 11.8 Å². The van der Waals surface area contributed by atoms with Gasteiger partial charge in [-0.2, -0.15) is 9.40 Å². The Labute approximate surface area is 186 Å². The molecule has 1 saturated heterocycles. The summed E-state index contributed by atoms with van der Waals surface area (Å²) < 4.78 is 62.2. The first kappa shape index (κ1) is 24.6. The molecule has 1 aliphatic carbocycles. The van der Waals surface area contributed by atoms with E-state index < -0.39 is 32.1 Å². The van der Waals surface area contributed by atoms with Crippen LogP contribution in [-0.2, 0) is 31.8 Å². The first-order valence-electron chi connectivity index (χ1n) is 11.1. The Morgan fingerprint density at radius 3 is 2.39 bits per heavy atom. The summed E-state index contributed by atoms with van der Waals surface area (Å²) in [6.45, 7) is 4.99. The number of rotatable bonds is 8. The summed E-state index contributed by atoms with van der Waals surface area (Å²) in [4.78, 5) is 0.109. The van der Waals surface area contributed by atoms with Gasteiger partial charge in [-0.05, 0) is 50.4 Å². The van der Waals surface area contributed by atoms with E-state index in [1.54, 1.807) is 7.05 Å². The predicted octanol–water partition coefficient (Wildman–Crippen LogP) is 1.72. The van der Waals surface area contributed by atoms with Gasteiger partial charge >= 0.3 is 0 Å². The lowest BCUT2D eigenvalue weighted by atomic mass is 9.80. The predicted molar refractivity (Wildman–Crippen MR) is 118 cm³/mol. The molecule has 3 rings (SSSR count). The second-order valence-corrected chi connectivity index (χ2v) is 13.0. The van der Waals surface area contributed by atoms with Gasteiger partial charge in [0.15, 0.2) is 0 Å². The second kappa shape index (κ2) is 9.86. The van der Waals surface area contributed by atoms with Gasteiger partial charge in [-0.3, -0.25) is 4.68 Å². The number of aryl methyl sites for hydroxylation is 1. The van der Waals surface area contributed by atoms with Gasteiger partial charge < -0.3 is 4.74 Å². The third-order valence-corrected chi connectivity index (χ3v) is 9.15. The van der Waals surface area contributed by atoms with Crippen molar-refractivity contribution in [1.82, 2.24) is 18.8 Å². The number of hydrogen-bond acceptors (Lipinski definition) is 6. The molecule has 0 amide bonds. The van der Waals surface area contributed by atoms with Crippen molar-refractivity contribution >= 4 is 20.0 Å². The van der Waals surface area contributed by atoms with Gasteiger partial charge in [0, 0.05) is 25.8 Å². The molecule has 2 heterocycles. The van der Waals surface area contributed by atoms with E-state index in [1.807, 2.05) is 0 Å². The molecule has 178 valence electrons. The molecule has 11 heteroatoms. The fourth-order valence-electron chi connectivity index (χ4n) is 4.76. The minimum atomic E-state index is -3.82. The molecule has 0 bridgehead atoms. The van der Waals surface area contributed by atoms with Crippen molar-refractivity contribution in [3.05, 3.63) is 12.4 Å². The number of nitrogens with zero attached hydrogens (tertiary/aromatic N) is 3. The molecule has 0 radical (unpaired) electrons. The molecule has 1 saturated carbocycles. The Hall–Kier alpha value is -1.01. The van der Waals surface area contributed by atoms with Crippen molar-refractivity contribution in [2.24, 2.45) is 18.9 Å². The molecular weight excluding hydrogens is 440 g/mol. The topological polar surface area (TPSA) is 111 Å². The van der Waals surface area contributed by atoms with Crippen LogP contribution in [0.2, 0.25) is 0 Å². The Bertz CT molecular complexity index is 937. The first-order chi connectivity index (χ1) is 14.5. The number of hydrogen-bond donors (Lipinski definition) is 1. The summed E-state index contributed by atoms with van der Waals surface area (Å²) in [7, 11) is -5.64. The standard InChI is InChI=1S/C20H36N4O5S2/c1-15(2)16-7-9-17(10-8-16)29-14-20-19(22-30(4,25)26)6-5-11-24(20)31(27,28)18-12-21-23(3)13-18/h12-13,15-17,19-20,22H,5-11,14H2,1-4H3/t16?,17?,19-,20-/m0/s1. The van der Waals surface area contributed by atoms with Gasteiger partial charge in [-0.25, -0.2) is 21.6 Å². The monoisotopic (exact) mass is 476 g/mol. The number of nitrogens with one attached hydrogen (secondary N) is 1. The number of piperidine rings is 1. The lowest BCUT2D eigenvalue weighted by molar-refractivity contribution is -0.0173. The molecule has 9 nitrogen and oxygen atoms in total. The van der Waals surface area contributed by atoms with Gasteiger partial charge in [-0.1, -0.05) is 13.8 Å². The van der Waals surface area contributed by atoms with E-state index in [-0.39, 0.29) is 17.6 Å².